The van der Waals surface area contributed by atoms with Crippen molar-refractivity contribution in [3.8, 4) is 0 Å². The van der Waals surface area contributed by atoms with Crippen molar-refractivity contribution in [3.05, 3.63) is 23.8 Å². The summed E-state index contributed by atoms with van der Waals surface area (Å²) in [5.74, 6) is 5.16. The molecule has 0 amide bonds. The number of aliphatic hydroxyl groups is 1. The van der Waals surface area contributed by atoms with Crippen molar-refractivity contribution in [2.24, 2.45) is 46.3 Å². The van der Waals surface area contributed by atoms with Crippen molar-refractivity contribution in [2.45, 2.75) is 111 Å². The van der Waals surface area contributed by atoms with Gasteiger partial charge in [0.15, 0.2) is 0 Å². The molecule has 170 valence electrons. The average molecular weight is 414 g/mol. The van der Waals surface area contributed by atoms with E-state index in [1.54, 1.807) is 5.57 Å². The van der Waals surface area contributed by atoms with Gasteiger partial charge < -0.3 is 5.11 Å². The van der Waals surface area contributed by atoms with E-state index < -0.39 is 0 Å². The fraction of sp³-hybridized carbons (Fsp3) is 0.862. The molecule has 0 radical (unpaired) electrons. The summed E-state index contributed by atoms with van der Waals surface area (Å²) >= 11 is 0. The van der Waals surface area contributed by atoms with E-state index in [-0.39, 0.29) is 6.10 Å². The van der Waals surface area contributed by atoms with Crippen molar-refractivity contribution >= 4 is 0 Å². The summed E-state index contributed by atoms with van der Waals surface area (Å²) in [6, 6.07) is 0. The van der Waals surface area contributed by atoms with Crippen LogP contribution >= 0.6 is 0 Å². The number of aliphatic hydroxyl groups excluding tert-OH is 1. The summed E-state index contributed by atoms with van der Waals surface area (Å²) in [5, 5.41) is 10.2. The third-order valence-corrected chi connectivity index (χ3v) is 11.0. The fourth-order valence-electron chi connectivity index (χ4n) is 9.08. The molecule has 0 aromatic heterocycles. The van der Waals surface area contributed by atoms with Gasteiger partial charge in [0.2, 0.25) is 0 Å². The smallest absolute Gasteiger partial charge is 0.0577 e. The summed E-state index contributed by atoms with van der Waals surface area (Å²) in [5.41, 5.74) is 3.93. The third-order valence-electron chi connectivity index (χ3n) is 11.0. The lowest BCUT2D eigenvalue weighted by Crippen LogP contribution is -2.50. The molecule has 3 saturated carbocycles. The highest BCUT2D eigenvalue weighted by molar-refractivity contribution is 5.25. The normalized spacial score (nSPS) is 45.0. The number of rotatable bonds is 6. The van der Waals surface area contributed by atoms with E-state index in [1.165, 1.54) is 63.4 Å². The maximum Gasteiger partial charge on any atom is 0.0577 e. The predicted octanol–water partition coefficient (Wildman–Crippen LogP) is 7.94. The van der Waals surface area contributed by atoms with Crippen molar-refractivity contribution in [1.82, 2.24) is 0 Å². The van der Waals surface area contributed by atoms with E-state index in [9.17, 15) is 5.11 Å². The number of allylic oxidation sites excluding steroid dienone is 2. The van der Waals surface area contributed by atoms with Crippen molar-refractivity contribution in [3.63, 3.8) is 0 Å². The molecule has 30 heavy (non-hydrogen) atoms. The van der Waals surface area contributed by atoms with E-state index in [1.807, 2.05) is 0 Å². The Kier molecular flexibility index (Phi) is 6.35. The lowest BCUT2D eigenvalue weighted by atomic mass is 9.47. The molecule has 1 heteroatoms. The Labute approximate surface area is 186 Å². The standard InChI is InChI=1S/C29H48O/c1-7-21(19(2)3)9-8-20(4)25-12-13-26-24-11-10-22-18-23(30)14-16-28(22,5)27(24)15-17-29(25,26)6/h10,20-21,23-27,30H,2,7-9,11-18H2,1,3-6H3/t20-,21-,23+,24+,25-,26+,27+,28+,29-/m1/s1/i3+1. The van der Waals surface area contributed by atoms with Crippen LogP contribution in [0.4, 0.5) is 0 Å². The van der Waals surface area contributed by atoms with Crippen LogP contribution in [-0.2, 0) is 0 Å². The molecule has 9 atom stereocenters. The van der Waals surface area contributed by atoms with Gasteiger partial charge in [-0.15, -0.1) is 0 Å². The van der Waals surface area contributed by atoms with Crippen molar-refractivity contribution < 1.29 is 5.11 Å². The Hall–Kier alpha value is -0.560. The van der Waals surface area contributed by atoms with Gasteiger partial charge in [-0.05, 0) is 124 Å². The van der Waals surface area contributed by atoms with Gasteiger partial charge in [-0.3, -0.25) is 0 Å². The van der Waals surface area contributed by atoms with Gasteiger partial charge >= 0.3 is 0 Å². The molecule has 0 bridgehead atoms. The van der Waals surface area contributed by atoms with Crippen LogP contribution in [-0.4, -0.2) is 11.2 Å². The Morgan fingerprint density at radius 2 is 1.90 bits per heavy atom. The van der Waals surface area contributed by atoms with Gasteiger partial charge in [0.1, 0.15) is 0 Å². The van der Waals surface area contributed by atoms with E-state index in [0.717, 1.165) is 48.3 Å². The van der Waals surface area contributed by atoms with Crippen LogP contribution in [0.1, 0.15) is 105 Å². The Morgan fingerprint density at radius 3 is 2.60 bits per heavy atom. The molecule has 0 saturated heterocycles. The first-order valence-electron chi connectivity index (χ1n) is 13.2. The quantitative estimate of drug-likeness (QED) is 0.346. The van der Waals surface area contributed by atoms with Crippen LogP contribution in [0.2, 0.25) is 0 Å². The zero-order valence-corrected chi connectivity index (χ0v) is 20.6. The van der Waals surface area contributed by atoms with Gasteiger partial charge in [0, 0.05) is 0 Å². The number of hydrogen-bond donors (Lipinski definition) is 1. The van der Waals surface area contributed by atoms with Gasteiger partial charge in [-0.25, -0.2) is 0 Å². The summed E-state index contributed by atoms with van der Waals surface area (Å²) < 4.78 is 0. The third kappa shape index (κ3) is 3.66. The monoisotopic (exact) mass is 413 g/mol. The maximum atomic E-state index is 10.2. The second kappa shape index (κ2) is 8.42. The number of hydrogen-bond acceptors (Lipinski definition) is 1. The van der Waals surface area contributed by atoms with E-state index >= 15 is 0 Å². The fourth-order valence-corrected chi connectivity index (χ4v) is 9.08. The molecule has 4 aliphatic carbocycles. The Balaban J connectivity index is 1.48. The molecule has 1 N–H and O–H groups in total. The summed E-state index contributed by atoms with van der Waals surface area (Å²) in [6.07, 6.45) is 16.7. The second-order valence-electron chi connectivity index (χ2n) is 12.4. The first-order valence-corrected chi connectivity index (χ1v) is 13.2. The molecule has 0 spiro atoms. The van der Waals surface area contributed by atoms with Gasteiger partial charge in [0.25, 0.3) is 0 Å². The van der Waals surface area contributed by atoms with Crippen LogP contribution in [0.5, 0.6) is 0 Å². The zero-order chi connectivity index (χ0) is 21.7. The highest BCUT2D eigenvalue weighted by Gasteiger charge is 2.59. The molecule has 4 aliphatic rings. The highest BCUT2D eigenvalue weighted by Crippen LogP contribution is 2.67. The molecule has 4 rings (SSSR count). The number of fused-ring (bicyclic) bond motifs is 5. The van der Waals surface area contributed by atoms with E-state index in [4.69, 9.17) is 0 Å². The van der Waals surface area contributed by atoms with Crippen LogP contribution < -0.4 is 0 Å². The molecule has 0 aromatic rings. The Bertz CT molecular complexity index is 676. The van der Waals surface area contributed by atoms with E-state index in [0.29, 0.717) is 10.8 Å². The summed E-state index contributed by atoms with van der Waals surface area (Å²) in [6.45, 7) is 16.6. The Morgan fingerprint density at radius 1 is 1.13 bits per heavy atom. The predicted molar refractivity (Wildman–Crippen MR) is 128 cm³/mol. The van der Waals surface area contributed by atoms with Crippen molar-refractivity contribution in [2.75, 3.05) is 0 Å². The van der Waals surface area contributed by atoms with E-state index in [2.05, 4.69) is 47.3 Å². The van der Waals surface area contributed by atoms with Gasteiger partial charge in [-0.2, -0.15) is 0 Å². The van der Waals surface area contributed by atoms with Crippen LogP contribution in [0.3, 0.4) is 0 Å². The minimum atomic E-state index is -0.0856. The lowest BCUT2D eigenvalue weighted by molar-refractivity contribution is -0.0574. The van der Waals surface area contributed by atoms with Gasteiger partial charge in [0.05, 0.1) is 6.10 Å². The molecule has 0 aromatic carbocycles. The van der Waals surface area contributed by atoms with Crippen LogP contribution in [0.25, 0.3) is 0 Å². The minimum Gasteiger partial charge on any atom is -0.393 e. The topological polar surface area (TPSA) is 20.2 Å². The SMILES string of the molecule is C=C([13CH3])[C@H](CC)CC[C@@H](C)[C@H]1CC[C@H]2[C@@H]3CC=C4C[C@@H](O)CC[C@]4(C)[C@H]3CC[C@]12C. The lowest BCUT2D eigenvalue weighted by Gasteiger charge is -2.58. The largest absolute Gasteiger partial charge is 0.393 e. The second-order valence-corrected chi connectivity index (χ2v) is 12.4. The van der Waals surface area contributed by atoms with Gasteiger partial charge in [-0.1, -0.05) is 51.5 Å². The molecule has 0 unspecified atom stereocenters. The molecular formula is C29H48O. The van der Waals surface area contributed by atoms with Crippen LogP contribution in [0.15, 0.2) is 23.8 Å². The average Bonchev–Trinajstić information content (AvgIpc) is 3.06. The maximum absolute atomic E-state index is 10.2. The summed E-state index contributed by atoms with van der Waals surface area (Å²) in [4.78, 5) is 0. The van der Waals surface area contributed by atoms with Crippen molar-refractivity contribution in [1.29, 1.82) is 0 Å². The zero-order valence-electron chi connectivity index (χ0n) is 20.6. The molecule has 3 fully saturated rings. The first kappa shape index (κ1) is 22.6. The summed E-state index contributed by atoms with van der Waals surface area (Å²) in [7, 11) is 0. The van der Waals surface area contributed by atoms with Crippen LogP contribution in [0, 0.1) is 46.3 Å². The molecule has 1 nitrogen and oxygen atoms in total. The first-order chi connectivity index (χ1) is 14.2. The minimum absolute atomic E-state index is 0.0856. The highest BCUT2D eigenvalue weighted by atomic mass is 16.3. The molecule has 0 aliphatic heterocycles. The molecule has 0 heterocycles. The molecular weight excluding hydrogens is 365 g/mol.